The van der Waals surface area contributed by atoms with Crippen LogP contribution in [-0.2, 0) is 22.4 Å². The molecule has 2 aromatic carbocycles. The molecule has 3 aliphatic carbocycles. The van der Waals surface area contributed by atoms with Gasteiger partial charge in [0.25, 0.3) is 0 Å². The Labute approximate surface area is 209 Å². The Kier molecular flexibility index (Phi) is 7.00. The van der Waals surface area contributed by atoms with E-state index in [1.165, 1.54) is 16.7 Å². The summed E-state index contributed by atoms with van der Waals surface area (Å²) in [4.78, 5) is 25.7. The molecule has 0 spiro atoms. The normalized spacial score (nSPS) is 29.1. The van der Waals surface area contributed by atoms with E-state index in [1.807, 2.05) is 18.2 Å². The van der Waals surface area contributed by atoms with E-state index in [-0.39, 0.29) is 11.3 Å². The first kappa shape index (κ1) is 24.1. The Morgan fingerprint density at radius 3 is 2.77 bits per heavy atom. The average molecular weight is 474 g/mol. The van der Waals surface area contributed by atoms with E-state index >= 15 is 0 Å². The molecule has 2 saturated carbocycles. The van der Waals surface area contributed by atoms with Crippen molar-refractivity contribution in [2.45, 2.75) is 70.6 Å². The molecule has 4 nitrogen and oxygen atoms in total. The number of amides is 1. The molecule has 0 bridgehead atoms. The second-order valence-corrected chi connectivity index (χ2v) is 11.2. The van der Waals surface area contributed by atoms with Crippen molar-refractivity contribution in [1.29, 1.82) is 0 Å². The molecule has 0 heterocycles. The monoisotopic (exact) mass is 473 g/mol. The highest BCUT2D eigenvalue weighted by atomic mass is 16.5. The number of carbonyl (C=O) groups excluding carboxylic acids is 2. The molecular formula is C31H39NO3. The molecule has 0 radical (unpaired) electrons. The topological polar surface area (TPSA) is 55.4 Å². The summed E-state index contributed by atoms with van der Waals surface area (Å²) < 4.78 is 5.47. The molecule has 0 saturated heterocycles. The van der Waals surface area contributed by atoms with Crippen LogP contribution in [0.1, 0.15) is 74.5 Å². The fourth-order valence-corrected chi connectivity index (χ4v) is 7.61. The quantitative estimate of drug-likeness (QED) is 0.521. The van der Waals surface area contributed by atoms with Crippen LogP contribution >= 0.6 is 0 Å². The minimum Gasteiger partial charge on any atom is -0.497 e. The molecule has 3 aliphatic rings. The summed E-state index contributed by atoms with van der Waals surface area (Å²) >= 11 is 0. The van der Waals surface area contributed by atoms with E-state index in [4.69, 9.17) is 4.74 Å². The van der Waals surface area contributed by atoms with Gasteiger partial charge >= 0.3 is 0 Å². The molecule has 1 amide bonds. The summed E-state index contributed by atoms with van der Waals surface area (Å²) in [7, 11) is 1.73. The zero-order valence-electron chi connectivity index (χ0n) is 21.2. The zero-order chi connectivity index (χ0) is 24.4. The summed E-state index contributed by atoms with van der Waals surface area (Å²) in [5.41, 5.74) is 3.99. The number of nitrogens with one attached hydrogen (secondary N) is 1. The van der Waals surface area contributed by atoms with Gasteiger partial charge in [-0.3, -0.25) is 9.59 Å². The van der Waals surface area contributed by atoms with Gasteiger partial charge in [-0.1, -0.05) is 43.3 Å². The predicted octanol–water partition coefficient (Wildman–Crippen LogP) is 5.88. The van der Waals surface area contributed by atoms with Crippen molar-refractivity contribution >= 4 is 11.7 Å². The van der Waals surface area contributed by atoms with E-state index in [1.54, 1.807) is 7.11 Å². The summed E-state index contributed by atoms with van der Waals surface area (Å²) in [6.45, 7) is 2.93. The lowest BCUT2D eigenvalue weighted by atomic mass is 9.54. The molecule has 186 valence electrons. The van der Waals surface area contributed by atoms with Gasteiger partial charge in [-0.25, -0.2) is 0 Å². The Hall–Kier alpha value is -2.62. The minimum atomic E-state index is -0.173. The van der Waals surface area contributed by atoms with Crippen LogP contribution in [0, 0.1) is 23.2 Å². The standard InChI is InChI=1S/C31H39NO3/c1-31-17-15-26-25-14-12-24(35-2)19-22(25)11-13-27(26)30(31)23(20-28(31)33)9-6-10-29(34)32-18-16-21-7-4-3-5-8-21/h3-5,7-8,12,14,19,23,26-27,30H,6,9-11,13,15-18,20H2,1-2H3,(H,32,34)/t23-,26-,27-,30+,31-/m1/s1. The first-order valence-electron chi connectivity index (χ1n) is 13.5. The van der Waals surface area contributed by atoms with Gasteiger partial charge in [-0.05, 0) is 97.4 Å². The number of aryl methyl sites for hydroxylation is 1. The second kappa shape index (κ2) is 10.2. The number of fused-ring (bicyclic) bond motifs is 5. The largest absolute Gasteiger partial charge is 0.497 e. The molecule has 2 fully saturated rings. The SMILES string of the molecule is COc1ccc2c(c1)CC[C@H]1[C@@H]3[C@H](CCCC(=O)NCCc4ccccc4)CC(=O)[C@@]3(C)CC[C@H]21. The van der Waals surface area contributed by atoms with E-state index in [0.717, 1.165) is 50.7 Å². The van der Waals surface area contributed by atoms with Gasteiger partial charge in [0, 0.05) is 24.8 Å². The fourth-order valence-electron chi connectivity index (χ4n) is 7.61. The number of carbonyl (C=O) groups is 2. The number of methoxy groups -OCH3 is 1. The van der Waals surface area contributed by atoms with Crippen LogP contribution in [0.2, 0.25) is 0 Å². The molecule has 35 heavy (non-hydrogen) atoms. The molecule has 0 aromatic heterocycles. The van der Waals surface area contributed by atoms with Crippen LogP contribution in [0.25, 0.3) is 0 Å². The van der Waals surface area contributed by atoms with Crippen LogP contribution in [0.4, 0.5) is 0 Å². The first-order valence-corrected chi connectivity index (χ1v) is 13.5. The molecule has 2 aromatic rings. The lowest BCUT2D eigenvalue weighted by molar-refractivity contribution is -0.129. The van der Waals surface area contributed by atoms with E-state index in [2.05, 4.69) is 42.6 Å². The third kappa shape index (κ3) is 4.77. The number of ketones is 1. The Bertz CT molecular complexity index is 1060. The number of ether oxygens (including phenoxy) is 1. The molecule has 0 aliphatic heterocycles. The number of hydrogen-bond acceptors (Lipinski definition) is 3. The molecule has 4 heteroatoms. The maximum absolute atomic E-state index is 13.2. The van der Waals surface area contributed by atoms with Gasteiger partial charge in [0.05, 0.1) is 7.11 Å². The van der Waals surface area contributed by atoms with Gasteiger partial charge in [0.2, 0.25) is 5.91 Å². The van der Waals surface area contributed by atoms with Crippen molar-refractivity contribution in [2.24, 2.45) is 23.2 Å². The van der Waals surface area contributed by atoms with E-state index < -0.39 is 0 Å². The summed E-state index contributed by atoms with van der Waals surface area (Å²) in [5, 5.41) is 3.08. The third-order valence-electron chi connectivity index (χ3n) is 9.33. The number of benzene rings is 2. The molecule has 1 N–H and O–H groups in total. The predicted molar refractivity (Wildman–Crippen MR) is 138 cm³/mol. The van der Waals surface area contributed by atoms with Crippen LogP contribution in [0.3, 0.4) is 0 Å². The highest BCUT2D eigenvalue weighted by molar-refractivity contribution is 5.87. The van der Waals surface area contributed by atoms with Gasteiger partial charge in [0.15, 0.2) is 0 Å². The maximum atomic E-state index is 13.2. The molecule has 5 rings (SSSR count). The minimum absolute atomic E-state index is 0.134. The van der Waals surface area contributed by atoms with Crippen molar-refractivity contribution in [3.63, 3.8) is 0 Å². The third-order valence-corrected chi connectivity index (χ3v) is 9.33. The van der Waals surface area contributed by atoms with Crippen LogP contribution in [0.15, 0.2) is 48.5 Å². The fraction of sp³-hybridized carbons (Fsp3) is 0.548. The number of rotatable bonds is 8. The number of Topliss-reactive ketones (excluding diaryl/α,β-unsaturated/α-hetero) is 1. The lowest BCUT2D eigenvalue weighted by Gasteiger charge is -2.50. The molecule has 5 atom stereocenters. The van der Waals surface area contributed by atoms with Crippen molar-refractivity contribution in [3.8, 4) is 5.75 Å². The van der Waals surface area contributed by atoms with Gasteiger partial charge < -0.3 is 10.1 Å². The van der Waals surface area contributed by atoms with Crippen molar-refractivity contribution < 1.29 is 14.3 Å². The lowest BCUT2D eigenvalue weighted by Crippen LogP contribution is -2.44. The summed E-state index contributed by atoms with van der Waals surface area (Å²) in [6.07, 6.45) is 8.32. The summed E-state index contributed by atoms with van der Waals surface area (Å²) in [6, 6.07) is 16.9. The zero-order valence-corrected chi connectivity index (χ0v) is 21.2. The highest BCUT2D eigenvalue weighted by Crippen LogP contribution is 2.62. The Morgan fingerprint density at radius 1 is 1.14 bits per heavy atom. The highest BCUT2D eigenvalue weighted by Gasteiger charge is 2.58. The Balaban J connectivity index is 1.19. The Morgan fingerprint density at radius 2 is 1.97 bits per heavy atom. The van der Waals surface area contributed by atoms with Crippen molar-refractivity contribution in [3.05, 3.63) is 65.2 Å². The molecular weight excluding hydrogens is 434 g/mol. The number of hydrogen-bond donors (Lipinski definition) is 1. The summed E-state index contributed by atoms with van der Waals surface area (Å²) in [5.74, 6) is 3.54. The average Bonchev–Trinajstić information content (AvgIpc) is 3.13. The van der Waals surface area contributed by atoms with Crippen LogP contribution in [0.5, 0.6) is 5.75 Å². The van der Waals surface area contributed by atoms with Gasteiger partial charge in [0.1, 0.15) is 11.5 Å². The second-order valence-electron chi connectivity index (χ2n) is 11.2. The smallest absolute Gasteiger partial charge is 0.220 e. The molecule has 0 unspecified atom stereocenters. The van der Waals surface area contributed by atoms with Crippen molar-refractivity contribution in [2.75, 3.05) is 13.7 Å². The van der Waals surface area contributed by atoms with Gasteiger partial charge in [-0.2, -0.15) is 0 Å². The first-order chi connectivity index (χ1) is 17.0. The van der Waals surface area contributed by atoms with Crippen LogP contribution < -0.4 is 10.1 Å². The van der Waals surface area contributed by atoms with E-state index in [9.17, 15) is 9.59 Å². The maximum Gasteiger partial charge on any atom is 0.220 e. The van der Waals surface area contributed by atoms with Gasteiger partial charge in [-0.15, -0.1) is 0 Å². The van der Waals surface area contributed by atoms with Crippen molar-refractivity contribution in [1.82, 2.24) is 5.32 Å². The van der Waals surface area contributed by atoms with E-state index in [0.29, 0.717) is 48.8 Å². The van der Waals surface area contributed by atoms with Crippen LogP contribution in [-0.4, -0.2) is 25.3 Å².